The van der Waals surface area contributed by atoms with E-state index in [0.29, 0.717) is 0 Å². The SMILES string of the molecule is CCNC(C)C(N)=O.NCCC(=O)O. The number of carbonyl (C=O) groups excluding carboxylic acids is 1. The first-order chi connectivity index (χ1) is 6.45. The summed E-state index contributed by atoms with van der Waals surface area (Å²) in [6, 6.07) is -0.194. The second-order valence-corrected chi connectivity index (χ2v) is 2.61. The Hall–Kier alpha value is -1.14. The quantitative estimate of drug-likeness (QED) is 0.454. The van der Waals surface area contributed by atoms with Crippen LogP contribution in [0.5, 0.6) is 0 Å². The predicted octanol–water partition coefficient (Wildman–Crippen LogP) is -1.11. The molecule has 1 amide bonds. The molecule has 0 bridgehead atoms. The summed E-state index contributed by atoms with van der Waals surface area (Å²) in [6.07, 6.45) is 0.0694. The summed E-state index contributed by atoms with van der Waals surface area (Å²) >= 11 is 0. The molecule has 1 unspecified atom stereocenters. The topological polar surface area (TPSA) is 118 Å². The lowest BCUT2D eigenvalue weighted by Gasteiger charge is -2.05. The number of carboxylic acids is 1. The molecular weight excluding hydrogens is 186 g/mol. The fourth-order valence-corrected chi connectivity index (χ4v) is 0.530. The minimum atomic E-state index is -0.836. The van der Waals surface area contributed by atoms with Crippen LogP contribution in [0.15, 0.2) is 0 Å². The maximum atomic E-state index is 10.2. The van der Waals surface area contributed by atoms with Gasteiger partial charge in [-0.1, -0.05) is 6.92 Å². The van der Waals surface area contributed by atoms with Gasteiger partial charge in [-0.2, -0.15) is 0 Å². The lowest BCUT2D eigenvalue weighted by Crippen LogP contribution is -2.38. The second-order valence-electron chi connectivity index (χ2n) is 2.61. The molecule has 6 nitrogen and oxygen atoms in total. The highest BCUT2D eigenvalue weighted by Gasteiger charge is 2.03. The van der Waals surface area contributed by atoms with Crippen molar-refractivity contribution in [2.75, 3.05) is 13.1 Å². The average Bonchev–Trinajstić information content (AvgIpc) is 2.05. The second kappa shape index (κ2) is 9.94. The van der Waals surface area contributed by atoms with Crippen molar-refractivity contribution in [1.29, 1.82) is 0 Å². The molecule has 84 valence electrons. The number of nitrogens with one attached hydrogen (secondary N) is 1. The Bertz CT molecular complexity index is 173. The summed E-state index contributed by atoms with van der Waals surface area (Å²) in [4.78, 5) is 19.8. The van der Waals surface area contributed by atoms with E-state index in [1.807, 2.05) is 6.92 Å². The number of rotatable bonds is 5. The van der Waals surface area contributed by atoms with Gasteiger partial charge in [0.05, 0.1) is 12.5 Å². The van der Waals surface area contributed by atoms with E-state index in [4.69, 9.17) is 16.6 Å². The van der Waals surface area contributed by atoms with Gasteiger partial charge in [0.25, 0.3) is 0 Å². The smallest absolute Gasteiger partial charge is 0.304 e. The molecule has 1 atom stereocenters. The Labute approximate surface area is 83.6 Å². The maximum Gasteiger partial charge on any atom is 0.304 e. The van der Waals surface area contributed by atoms with E-state index in [2.05, 4.69) is 5.32 Å². The van der Waals surface area contributed by atoms with Crippen LogP contribution in [0.3, 0.4) is 0 Å². The Morgan fingerprint density at radius 2 is 2.00 bits per heavy atom. The van der Waals surface area contributed by atoms with Crippen molar-refractivity contribution < 1.29 is 14.7 Å². The van der Waals surface area contributed by atoms with Gasteiger partial charge < -0.3 is 21.9 Å². The number of hydrogen-bond donors (Lipinski definition) is 4. The van der Waals surface area contributed by atoms with Gasteiger partial charge in [-0.05, 0) is 13.5 Å². The van der Waals surface area contributed by atoms with Crippen molar-refractivity contribution in [1.82, 2.24) is 5.32 Å². The van der Waals surface area contributed by atoms with Gasteiger partial charge in [0.2, 0.25) is 5.91 Å². The number of carboxylic acid groups (broad SMARTS) is 1. The van der Waals surface area contributed by atoms with Crippen molar-refractivity contribution >= 4 is 11.9 Å². The van der Waals surface area contributed by atoms with Crippen LogP contribution in [0, 0.1) is 0 Å². The lowest BCUT2D eigenvalue weighted by atomic mass is 10.3. The molecule has 6 N–H and O–H groups in total. The molecular formula is C8H19N3O3. The third-order valence-corrected chi connectivity index (χ3v) is 1.30. The van der Waals surface area contributed by atoms with Gasteiger partial charge in [-0.25, -0.2) is 0 Å². The van der Waals surface area contributed by atoms with Gasteiger partial charge in [0.1, 0.15) is 0 Å². The highest BCUT2D eigenvalue weighted by molar-refractivity contribution is 5.79. The molecule has 0 aliphatic rings. The number of nitrogens with two attached hydrogens (primary N) is 2. The molecule has 0 saturated heterocycles. The highest BCUT2D eigenvalue weighted by atomic mass is 16.4. The van der Waals surface area contributed by atoms with Crippen LogP contribution < -0.4 is 16.8 Å². The zero-order valence-corrected chi connectivity index (χ0v) is 8.62. The molecule has 0 aliphatic carbocycles. The number of aliphatic carboxylic acids is 1. The van der Waals surface area contributed by atoms with Crippen LogP contribution in [0.4, 0.5) is 0 Å². The van der Waals surface area contributed by atoms with E-state index >= 15 is 0 Å². The Balaban J connectivity index is 0. The monoisotopic (exact) mass is 205 g/mol. The average molecular weight is 205 g/mol. The van der Waals surface area contributed by atoms with Crippen molar-refractivity contribution in [3.63, 3.8) is 0 Å². The number of hydrogen-bond acceptors (Lipinski definition) is 4. The summed E-state index contributed by atoms with van der Waals surface area (Å²) in [5.74, 6) is -1.13. The molecule has 14 heavy (non-hydrogen) atoms. The van der Waals surface area contributed by atoms with Crippen LogP contribution >= 0.6 is 0 Å². The van der Waals surface area contributed by atoms with Gasteiger partial charge >= 0.3 is 5.97 Å². The highest BCUT2D eigenvalue weighted by Crippen LogP contribution is 1.74. The zero-order valence-electron chi connectivity index (χ0n) is 8.62. The van der Waals surface area contributed by atoms with Gasteiger partial charge in [0, 0.05) is 6.54 Å². The van der Waals surface area contributed by atoms with Crippen molar-refractivity contribution in [2.24, 2.45) is 11.5 Å². The number of primary amides is 1. The summed E-state index contributed by atoms with van der Waals surface area (Å²) in [5.41, 5.74) is 9.77. The normalized spacial score (nSPS) is 11.1. The Morgan fingerprint density at radius 3 is 2.07 bits per heavy atom. The van der Waals surface area contributed by atoms with Crippen molar-refractivity contribution in [2.45, 2.75) is 26.3 Å². The van der Waals surface area contributed by atoms with Gasteiger partial charge in [0.15, 0.2) is 0 Å². The molecule has 0 radical (unpaired) electrons. The molecule has 0 aromatic rings. The summed E-state index contributed by atoms with van der Waals surface area (Å²) in [6.45, 7) is 4.69. The molecule has 0 spiro atoms. The first kappa shape index (κ1) is 15.3. The molecule has 0 rings (SSSR count). The lowest BCUT2D eigenvalue weighted by molar-refractivity contribution is -0.136. The van der Waals surface area contributed by atoms with Crippen LogP contribution in [-0.4, -0.2) is 36.1 Å². The molecule has 0 saturated carbocycles. The molecule has 0 aromatic carbocycles. The van der Waals surface area contributed by atoms with E-state index in [1.165, 1.54) is 0 Å². The van der Waals surface area contributed by atoms with Gasteiger partial charge in [-0.3, -0.25) is 9.59 Å². The molecule has 6 heteroatoms. The first-order valence-electron chi connectivity index (χ1n) is 4.40. The van der Waals surface area contributed by atoms with E-state index < -0.39 is 5.97 Å². The molecule has 0 aliphatic heterocycles. The zero-order chi connectivity index (χ0) is 11.6. The minimum Gasteiger partial charge on any atom is -0.481 e. The third kappa shape index (κ3) is 13.4. The summed E-state index contributed by atoms with van der Waals surface area (Å²) in [5, 5.41) is 10.7. The van der Waals surface area contributed by atoms with Crippen LogP contribution in [0.25, 0.3) is 0 Å². The fourth-order valence-electron chi connectivity index (χ4n) is 0.530. The van der Waals surface area contributed by atoms with Crippen LogP contribution in [0.2, 0.25) is 0 Å². The Kier molecular flexibility index (Phi) is 10.9. The minimum absolute atomic E-state index is 0.0694. The van der Waals surface area contributed by atoms with Gasteiger partial charge in [-0.15, -0.1) is 0 Å². The summed E-state index contributed by atoms with van der Waals surface area (Å²) in [7, 11) is 0. The van der Waals surface area contributed by atoms with Crippen LogP contribution in [0.1, 0.15) is 20.3 Å². The fraction of sp³-hybridized carbons (Fsp3) is 0.750. The maximum absolute atomic E-state index is 10.2. The number of amides is 1. The van der Waals surface area contributed by atoms with E-state index in [0.717, 1.165) is 6.54 Å². The molecule has 0 fully saturated rings. The Morgan fingerprint density at radius 1 is 1.50 bits per heavy atom. The standard InChI is InChI=1S/C5H12N2O.C3H7NO2/c1-3-7-4(2)5(6)8;4-2-1-3(5)6/h4,7H,3H2,1-2H3,(H2,6,8);1-2,4H2,(H,5,6). The molecule has 0 aromatic heterocycles. The molecule has 0 heterocycles. The predicted molar refractivity (Wildman–Crippen MR) is 53.6 cm³/mol. The van der Waals surface area contributed by atoms with E-state index in [-0.39, 0.29) is 24.9 Å². The number of likely N-dealkylation sites (N-methyl/N-ethyl adjacent to an activating group) is 1. The van der Waals surface area contributed by atoms with E-state index in [1.54, 1.807) is 6.92 Å². The van der Waals surface area contributed by atoms with E-state index in [9.17, 15) is 9.59 Å². The number of carbonyl (C=O) groups is 2. The third-order valence-electron chi connectivity index (χ3n) is 1.30. The van der Waals surface area contributed by atoms with Crippen molar-refractivity contribution in [3.8, 4) is 0 Å². The largest absolute Gasteiger partial charge is 0.481 e. The summed E-state index contributed by atoms with van der Waals surface area (Å²) < 4.78 is 0. The first-order valence-corrected chi connectivity index (χ1v) is 4.40. The van der Waals surface area contributed by atoms with Crippen molar-refractivity contribution in [3.05, 3.63) is 0 Å². The van der Waals surface area contributed by atoms with Crippen LogP contribution in [-0.2, 0) is 9.59 Å².